The number of sulfonamides is 1. The Labute approximate surface area is 145 Å². The van der Waals surface area contributed by atoms with E-state index in [1.807, 2.05) is 0 Å². The molecule has 0 heterocycles. The Morgan fingerprint density at radius 1 is 0.792 bits per heavy atom. The van der Waals surface area contributed by atoms with Crippen molar-refractivity contribution in [2.75, 3.05) is 4.72 Å². The molecule has 0 aliphatic rings. The minimum Gasteiger partial charge on any atom is -0.457 e. The van der Waals surface area contributed by atoms with Gasteiger partial charge in [-0.15, -0.1) is 0 Å². The molecule has 24 heavy (non-hydrogen) atoms. The molecule has 6 heteroatoms. The van der Waals surface area contributed by atoms with Gasteiger partial charge in [0.25, 0.3) is 10.0 Å². The quantitative estimate of drug-likeness (QED) is 0.702. The fourth-order valence-electron chi connectivity index (χ4n) is 2.10. The van der Waals surface area contributed by atoms with Crippen molar-refractivity contribution in [3.8, 4) is 11.5 Å². The van der Waals surface area contributed by atoms with Gasteiger partial charge in [-0.25, -0.2) is 8.42 Å². The summed E-state index contributed by atoms with van der Waals surface area (Å²) in [5, 5.41) is 0.563. The molecule has 0 spiro atoms. The fraction of sp³-hybridized carbons (Fsp3) is 0. The monoisotopic (exact) mass is 359 g/mol. The SMILES string of the molecule is O=S(=O)(Nc1cccc(Oc2cccc(Cl)c2)c1)c1ccccc1. The van der Waals surface area contributed by atoms with Crippen LogP contribution in [0.5, 0.6) is 11.5 Å². The smallest absolute Gasteiger partial charge is 0.261 e. The first-order valence-corrected chi connectivity index (χ1v) is 9.00. The van der Waals surface area contributed by atoms with Crippen LogP contribution in [-0.4, -0.2) is 8.42 Å². The Hall–Kier alpha value is -2.50. The highest BCUT2D eigenvalue weighted by molar-refractivity contribution is 7.92. The van der Waals surface area contributed by atoms with Gasteiger partial charge in [0.1, 0.15) is 11.5 Å². The molecule has 0 aliphatic heterocycles. The van der Waals surface area contributed by atoms with Crippen molar-refractivity contribution in [2.45, 2.75) is 4.90 Å². The molecular formula is C18H14ClNO3S. The molecule has 3 rings (SSSR count). The van der Waals surface area contributed by atoms with Gasteiger partial charge < -0.3 is 4.74 Å². The summed E-state index contributed by atoms with van der Waals surface area (Å²) < 4.78 is 32.9. The number of rotatable bonds is 5. The zero-order valence-corrected chi connectivity index (χ0v) is 14.1. The lowest BCUT2D eigenvalue weighted by molar-refractivity contribution is 0.483. The molecule has 0 saturated carbocycles. The zero-order chi connectivity index (χ0) is 17.0. The second-order valence-corrected chi connectivity index (χ2v) is 7.12. The third kappa shape index (κ3) is 4.07. The molecule has 0 fully saturated rings. The molecule has 0 aliphatic carbocycles. The summed E-state index contributed by atoms with van der Waals surface area (Å²) in [6.45, 7) is 0. The van der Waals surface area contributed by atoms with Crippen LogP contribution in [0.15, 0.2) is 83.8 Å². The summed E-state index contributed by atoms with van der Waals surface area (Å²) in [6.07, 6.45) is 0. The lowest BCUT2D eigenvalue weighted by Gasteiger charge is -2.10. The van der Waals surface area contributed by atoms with Crippen LogP contribution in [0.2, 0.25) is 5.02 Å². The van der Waals surface area contributed by atoms with E-state index in [4.69, 9.17) is 16.3 Å². The Morgan fingerprint density at radius 2 is 1.46 bits per heavy atom. The van der Waals surface area contributed by atoms with Gasteiger partial charge in [0.05, 0.1) is 10.6 Å². The van der Waals surface area contributed by atoms with Gasteiger partial charge in [-0.3, -0.25) is 4.72 Å². The van der Waals surface area contributed by atoms with Crippen molar-refractivity contribution >= 4 is 27.3 Å². The second kappa shape index (κ2) is 6.95. The van der Waals surface area contributed by atoms with Crippen LogP contribution in [0.1, 0.15) is 0 Å². The summed E-state index contributed by atoms with van der Waals surface area (Å²) in [5.74, 6) is 1.08. The first-order chi connectivity index (χ1) is 11.5. The Balaban J connectivity index is 1.81. The molecule has 4 nitrogen and oxygen atoms in total. The van der Waals surface area contributed by atoms with Gasteiger partial charge in [-0.05, 0) is 42.5 Å². The topological polar surface area (TPSA) is 55.4 Å². The highest BCUT2D eigenvalue weighted by Gasteiger charge is 2.13. The van der Waals surface area contributed by atoms with Crippen molar-refractivity contribution in [1.29, 1.82) is 0 Å². The zero-order valence-electron chi connectivity index (χ0n) is 12.5. The molecule has 0 unspecified atom stereocenters. The molecule has 0 aromatic heterocycles. The predicted molar refractivity (Wildman–Crippen MR) is 95.2 cm³/mol. The number of halogens is 1. The lowest BCUT2D eigenvalue weighted by atomic mass is 10.3. The predicted octanol–water partition coefficient (Wildman–Crippen LogP) is 4.93. The number of hydrogen-bond donors (Lipinski definition) is 1. The number of anilines is 1. The van der Waals surface area contributed by atoms with Crippen LogP contribution in [0.25, 0.3) is 0 Å². The highest BCUT2D eigenvalue weighted by atomic mass is 35.5. The maximum Gasteiger partial charge on any atom is 0.261 e. The number of nitrogens with one attached hydrogen (secondary N) is 1. The van der Waals surface area contributed by atoms with Crippen LogP contribution in [0, 0.1) is 0 Å². The fourth-order valence-corrected chi connectivity index (χ4v) is 3.35. The molecule has 0 amide bonds. The maximum absolute atomic E-state index is 12.3. The lowest BCUT2D eigenvalue weighted by Crippen LogP contribution is -2.12. The van der Waals surface area contributed by atoms with Crippen LogP contribution in [0.3, 0.4) is 0 Å². The summed E-state index contributed by atoms with van der Waals surface area (Å²) in [7, 11) is -3.64. The van der Waals surface area contributed by atoms with Crippen molar-refractivity contribution in [1.82, 2.24) is 0 Å². The van der Waals surface area contributed by atoms with Gasteiger partial charge in [0.15, 0.2) is 0 Å². The van der Waals surface area contributed by atoms with Crippen LogP contribution in [-0.2, 0) is 10.0 Å². The minimum atomic E-state index is -3.64. The third-order valence-corrected chi connectivity index (χ3v) is 4.80. The van der Waals surface area contributed by atoms with E-state index >= 15 is 0 Å². The van der Waals surface area contributed by atoms with E-state index in [-0.39, 0.29) is 4.90 Å². The van der Waals surface area contributed by atoms with E-state index in [0.29, 0.717) is 22.2 Å². The normalized spacial score (nSPS) is 11.0. The third-order valence-electron chi connectivity index (χ3n) is 3.17. The largest absolute Gasteiger partial charge is 0.457 e. The van der Waals surface area contributed by atoms with Gasteiger partial charge in [0.2, 0.25) is 0 Å². The van der Waals surface area contributed by atoms with Gasteiger partial charge in [-0.1, -0.05) is 41.9 Å². The number of hydrogen-bond acceptors (Lipinski definition) is 3. The molecule has 0 radical (unpaired) electrons. The standard InChI is InChI=1S/C18H14ClNO3S/c19-14-6-4-8-16(12-14)23-17-9-5-7-15(13-17)20-24(21,22)18-10-2-1-3-11-18/h1-13,20H. The summed E-state index contributed by atoms with van der Waals surface area (Å²) in [6, 6.07) is 21.9. The molecule has 0 atom stereocenters. The van der Waals surface area contributed by atoms with Gasteiger partial charge in [0, 0.05) is 11.1 Å². The van der Waals surface area contributed by atoms with Crippen LogP contribution < -0.4 is 9.46 Å². The van der Waals surface area contributed by atoms with E-state index in [9.17, 15) is 8.42 Å². The molecule has 1 N–H and O–H groups in total. The number of ether oxygens (including phenoxy) is 1. The first-order valence-electron chi connectivity index (χ1n) is 7.14. The molecule has 0 bridgehead atoms. The summed E-state index contributed by atoms with van der Waals surface area (Å²) in [4.78, 5) is 0.200. The van der Waals surface area contributed by atoms with E-state index in [1.54, 1.807) is 66.7 Å². The Bertz CT molecular complexity index is 943. The van der Waals surface area contributed by atoms with E-state index in [0.717, 1.165) is 0 Å². The summed E-state index contributed by atoms with van der Waals surface area (Å²) >= 11 is 5.93. The van der Waals surface area contributed by atoms with Crippen molar-refractivity contribution < 1.29 is 13.2 Å². The maximum atomic E-state index is 12.3. The first kappa shape index (κ1) is 16.4. The number of benzene rings is 3. The van der Waals surface area contributed by atoms with E-state index in [2.05, 4.69) is 4.72 Å². The second-order valence-electron chi connectivity index (χ2n) is 5.01. The average molecular weight is 360 g/mol. The van der Waals surface area contributed by atoms with Crippen molar-refractivity contribution in [3.63, 3.8) is 0 Å². The Morgan fingerprint density at radius 3 is 2.17 bits per heavy atom. The van der Waals surface area contributed by atoms with Crippen molar-refractivity contribution in [2.24, 2.45) is 0 Å². The molecule has 122 valence electrons. The summed E-state index contributed by atoms with van der Waals surface area (Å²) in [5.41, 5.74) is 0.415. The minimum absolute atomic E-state index is 0.200. The van der Waals surface area contributed by atoms with Crippen molar-refractivity contribution in [3.05, 3.63) is 83.9 Å². The van der Waals surface area contributed by atoms with E-state index < -0.39 is 10.0 Å². The van der Waals surface area contributed by atoms with Gasteiger partial charge in [-0.2, -0.15) is 0 Å². The molecular weight excluding hydrogens is 346 g/mol. The Kier molecular flexibility index (Phi) is 4.74. The average Bonchev–Trinajstić information content (AvgIpc) is 2.56. The molecule has 3 aromatic carbocycles. The molecule has 3 aromatic rings. The van der Waals surface area contributed by atoms with E-state index in [1.165, 1.54) is 12.1 Å². The van der Waals surface area contributed by atoms with Crippen LogP contribution in [0.4, 0.5) is 5.69 Å². The van der Waals surface area contributed by atoms with Crippen LogP contribution >= 0.6 is 11.6 Å². The molecule has 0 saturated heterocycles. The highest BCUT2D eigenvalue weighted by Crippen LogP contribution is 2.27. The van der Waals surface area contributed by atoms with Gasteiger partial charge >= 0.3 is 0 Å².